The third-order valence-corrected chi connectivity index (χ3v) is 7.15. The van der Waals surface area contributed by atoms with Gasteiger partial charge >= 0.3 is 0 Å². The average Bonchev–Trinajstić information content (AvgIpc) is 2.45. The van der Waals surface area contributed by atoms with E-state index in [9.17, 15) is 4.79 Å². The minimum absolute atomic E-state index is 0.295. The molecule has 0 aromatic rings. The molecule has 3 heteroatoms. The van der Waals surface area contributed by atoms with Crippen LogP contribution in [0.5, 0.6) is 0 Å². The fourth-order valence-corrected chi connectivity index (χ4v) is 6.40. The maximum Gasteiger partial charge on any atom is 0.226 e. The van der Waals surface area contributed by atoms with Crippen molar-refractivity contribution in [3.8, 4) is 0 Å². The maximum absolute atomic E-state index is 13.3. The highest BCUT2D eigenvalue weighted by Crippen LogP contribution is 2.57. The van der Waals surface area contributed by atoms with Crippen LogP contribution in [-0.4, -0.2) is 29.9 Å². The van der Waals surface area contributed by atoms with Crippen LogP contribution >= 0.6 is 0 Å². The minimum atomic E-state index is 0.295. The van der Waals surface area contributed by atoms with Crippen molar-refractivity contribution in [2.24, 2.45) is 41.2 Å². The van der Waals surface area contributed by atoms with Gasteiger partial charge in [-0.1, -0.05) is 6.92 Å². The normalized spacial score (nSPS) is 48.7. The van der Waals surface area contributed by atoms with Crippen LogP contribution in [0.25, 0.3) is 0 Å². The third-order valence-electron chi connectivity index (χ3n) is 7.15. The van der Waals surface area contributed by atoms with Crippen LogP contribution in [0, 0.1) is 35.5 Å². The Morgan fingerprint density at radius 3 is 2.29 bits per heavy atom. The zero-order valence-corrected chi connectivity index (χ0v) is 13.3. The molecule has 2 unspecified atom stereocenters. The molecule has 4 aliphatic carbocycles. The van der Waals surface area contributed by atoms with Gasteiger partial charge in [-0.2, -0.15) is 0 Å². The molecule has 4 saturated carbocycles. The number of carbonyl (C=O) groups excluding carboxylic acids is 1. The molecule has 4 bridgehead atoms. The van der Waals surface area contributed by atoms with Crippen molar-refractivity contribution in [3.05, 3.63) is 0 Å². The molecule has 5 fully saturated rings. The van der Waals surface area contributed by atoms with E-state index in [-0.39, 0.29) is 0 Å². The Kier molecular flexibility index (Phi) is 3.52. The topological polar surface area (TPSA) is 46.3 Å². The number of hydrogen-bond donors (Lipinski definition) is 1. The Morgan fingerprint density at radius 1 is 1.10 bits per heavy atom. The standard InChI is InChI=1S/C18H30N2O/c1-11-3-2-4-20(16(11)10-19)18(21)17-14-6-12-5-13(8-14)9-15(17)7-12/h11-17H,2-10,19H2,1H3. The Morgan fingerprint density at radius 2 is 1.71 bits per heavy atom. The van der Waals surface area contributed by atoms with Crippen molar-refractivity contribution in [3.63, 3.8) is 0 Å². The van der Waals surface area contributed by atoms with E-state index in [4.69, 9.17) is 5.73 Å². The van der Waals surface area contributed by atoms with Crippen molar-refractivity contribution < 1.29 is 4.79 Å². The smallest absolute Gasteiger partial charge is 0.226 e. The van der Waals surface area contributed by atoms with Gasteiger partial charge in [0.05, 0.1) is 0 Å². The molecule has 0 radical (unpaired) electrons. The summed E-state index contributed by atoms with van der Waals surface area (Å²) in [7, 11) is 0. The first-order valence-electron chi connectivity index (χ1n) is 9.18. The molecular weight excluding hydrogens is 260 g/mol. The largest absolute Gasteiger partial charge is 0.338 e. The van der Waals surface area contributed by atoms with E-state index >= 15 is 0 Å². The van der Waals surface area contributed by atoms with E-state index in [1.54, 1.807) is 0 Å². The molecule has 0 aromatic heterocycles. The predicted octanol–water partition coefficient (Wildman–Crippen LogP) is 2.64. The van der Waals surface area contributed by atoms with Gasteiger partial charge < -0.3 is 10.6 Å². The molecule has 0 spiro atoms. The van der Waals surface area contributed by atoms with Gasteiger partial charge in [0, 0.05) is 25.0 Å². The molecule has 1 heterocycles. The molecule has 1 saturated heterocycles. The Labute approximate surface area is 128 Å². The summed E-state index contributed by atoms with van der Waals surface area (Å²) in [6, 6.07) is 0.295. The molecule has 1 amide bonds. The lowest BCUT2D eigenvalue weighted by Gasteiger charge is -2.55. The second kappa shape index (κ2) is 5.26. The van der Waals surface area contributed by atoms with Gasteiger partial charge in [-0.25, -0.2) is 0 Å². The fraction of sp³-hybridized carbons (Fsp3) is 0.944. The van der Waals surface area contributed by atoms with E-state index in [0.717, 1.165) is 24.8 Å². The summed E-state index contributed by atoms with van der Waals surface area (Å²) in [5.41, 5.74) is 6.00. The van der Waals surface area contributed by atoms with Crippen LogP contribution in [0.2, 0.25) is 0 Å². The van der Waals surface area contributed by atoms with Gasteiger partial charge in [-0.15, -0.1) is 0 Å². The molecule has 21 heavy (non-hydrogen) atoms. The van der Waals surface area contributed by atoms with Crippen LogP contribution in [0.3, 0.4) is 0 Å². The van der Waals surface area contributed by atoms with Crippen LogP contribution in [0.15, 0.2) is 0 Å². The minimum Gasteiger partial charge on any atom is -0.338 e. The number of nitrogens with two attached hydrogens (primary N) is 1. The summed E-state index contributed by atoms with van der Waals surface area (Å²) < 4.78 is 0. The van der Waals surface area contributed by atoms with Crippen molar-refractivity contribution in [1.29, 1.82) is 0 Å². The highest BCUT2D eigenvalue weighted by molar-refractivity contribution is 5.80. The molecule has 2 atom stereocenters. The average molecular weight is 290 g/mol. The summed E-state index contributed by atoms with van der Waals surface area (Å²) >= 11 is 0. The zero-order chi connectivity index (χ0) is 14.6. The third kappa shape index (κ3) is 2.23. The monoisotopic (exact) mass is 290 g/mol. The lowest BCUT2D eigenvalue weighted by Crippen LogP contribution is -2.57. The van der Waals surface area contributed by atoms with E-state index in [1.165, 1.54) is 38.5 Å². The van der Waals surface area contributed by atoms with Gasteiger partial charge in [0.15, 0.2) is 0 Å². The summed E-state index contributed by atoms with van der Waals surface area (Å²) in [5.74, 6) is 4.69. The summed E-state index contributed by atoms with van der Waals surface area (Å²) in [4.78, 5) is 15.5. The molecule has 1 aliphatic heterocycles. The Hall–Kier alpha value is -0.570. The number of piperidine rings is 1. The van der Waals surface area contributed by atoms with E-state index in [2.05, 4.69) is 11.8 Å². The van der Waals surface area contributed by atoms with Crippen LogP contribution in [-0.2, 0) is 4.79 Å². The van der Waals surface area contributed by atoms with Crippen molar-refractivity contribution >= 4 is 5.91 Å². The first-order chi connectivity index (χ1) is 10.2. The van der Waals surface area contributed by atoms with Gasteiger partial charge in [-0.05, 0) is 74.5 Å². The highest BCUT2D eigenvalue weighted by atomic mass is 16.2. The second-order valence-corrected chi connectivity index (χ2v) is 8.41. The van der Waals surface area contributed by atoms with Crippen LogP contribution in [0.1, 0.15) is 51.9 Å². The van der Waals surface area contributed by atoms with Crippen molar-refractivity contribution in [2.75, 3.05) is 13.1 Å². The SMILES string of the molecule is CC1CCCN(C(=O)C2C3CC4CC(C3)CC2C4)C1CN. The molecule has 118 valence electrons. The molecule has 3 nitrogen and oxygen atoms in total. The Balaban J connectivity index is 1.54. The zero-order valence-electron chi connectivity index (χ0n) is 13.3. The fourth-order valence-electron chi connectivity index (χ4n) is 6.40. The quantitative estimate of drug-likeness (QED) is 0.850. The predicted molar refractivity (Wildman–Crippen MR) is 83.5 cm³/mol. The second-order valence-electron chi connectivity index (χ2n) is 8.41. The molecule has 0 aromatic carbocycles. The molecule has 2 N–H and O–H groups in total. The lowest BCUT2D eigenvalue weighted by molar-refractivity contribution is -0.154. The first-order valence-corrected chi connectivity index (χ1v) is 9.18. The highest BCUT2D eigenvalue weighted by Gasteiger charge is 2.52. The number of carbonyl (C=O) groups is 1. The number of rotatable bonds is 2. The van der Waals surface area contributed by atoms with Gasteiger partial charge in [-0.3, -0.25) is 4.79 Å². The van der Waals surface area contributed by atoms with Crippen molar-refractivity contribution in [2.45, 2.75) is 57.9 Å². The number of amides is 1. The first kappa shape index (κ1) is 14.0. The van der Waals surface area contributed by atoms with Crippen LogP contribution < -0.4 is 5.73 Å². The van der Waals surface area contributed by atoms with E-state index < -0.39 is 0 Å². The number of likely N-dealkylation sites (tertiary alicyclic amines) is 1. The van der Waals surface area contributed by atoms with E-state index in [1.807, 2.05) is 0 Å². The number of nitrogens with zero attached hydrogens (tertiary/aromatic N) is 1. The molecule has 5 aliphatic rings. The molecular formula is C18H30N2O. The maximum atomic E-state index is 13.3. The summed E-state index contributed by atoms with van der Waals surface area (Å²) in [6.45, 7) is 3.86. The van der Waals surface area contributed by atoms with Gasteiger partial charge in [0.25, 0.3) is 0 Å². The number of hydrogen-bond acceptors (Lipinski definition) is 2. The molecule has 5 rings (SSSR count). The van der Waals surface area contributed by atoms with Crippen molar-refractivity contribution in [1.82, 2.24) is 4.90 Å². The summed E-state index contributed by atoms with van der Waals surface area (Å²) in [6.07, 6.45) is 9.19. The van der Waals surface area contributed by atoms with Gasteiger partial charge in [0.2, 0.25) is 5.91 Å². The van der Waals surface area contributed by atoms with Crippen LogP contribution in [0.4, 0.5) is 0 Å². The van der Waals surface area contributed by atoms with Gasteiger partial charge in [0.1, 0.15) is 0 Å². The van der Waals surface area contributed by atoms with E-state index in [0.29, 0.717) is 42.2 Å². The summed E-state index contributed by atoms with van der Waals surface area (Å²) in [5, 5.41) is 0. The lowest BCUT2D eigenvalue weighted by atomic mass is 9.51. The Bertz CT molecular complexity index is 393.